The number of halogens is 2. The summed E-state index contributed by atoms with van der Waals surface area (Å²) in [6.45, 7) is 0. The lowest BCUT2D eigenvalue weighted by atomic mass is 9.82. The zero-order valence-electron chi connectivity index (χ0n) is 9.68. The molecule has 1 saturated carbocycles. The normalized spacial score (nSPS) is 18.6. The van der Waals surface area contributed by atoms with Gasteiger partial charge < -0.3 is 0 Å². The average molecular weight is 235 g/mol. The first-order valence-electron chi connectivity index (χ1n) is 6.00. The van der Waals surface area contributed by atoms with Crippen LogP contribution in [0.3, 0.4) is 0 Å². The summed E-state index contributed by atoms with van der Waals surface area (Å²) in [5.41, 5.74) is -0.594. The van der Waals surface area contributed by atoms with Gasteiger partial charge in [-0.2, -0.15) is 5.26 Å². The van der Waals surface area contributed by atoms with Gasteiger partial charge in [-0.15, -0.1) is 0 Å². The van der Waals surface area contributed by atoms with Crippen LogP contribution in [0.4, 0.5) is 8.78 Å². The predicted octanol–water partition coefficient (Wildman–Crippen LogP) is 3.91. The highest BCUT2D eigenvalue weighted by Crippen LogP contribution is 2.35. The zero-order valence-corrected chi connectivity index (χ0v) is 9.68. The fourth-order valence-electron chi connectivity index (χ4n) is 2.46. The molecule has 3 heteroatoms. The maximum absolute atomic E-state index is 14.4. The van der Waals surface area contributed by atoms with Gasteiger partial charge in [0, 0.05) is 6.42 Å². The number of benzene rings is 1. The maximum Gasteiger partial charge on any atom is 0.127 e. The number of rotatable bonds is 2. The SMILES string of the molecule is N#Cc1ccc(CC2(F)CCCCC2)c(F)c1. The van der Waals surface area contributed by atoms with Crippen LogP contribution in [-0.4, -0.2) is 5.67 Å². The van der Waals surface area contributed by atoms with E-state index in [0.717, 1.165) is 19.3 Å². The van der Waals surface area contributed by atoms with Crippen molar-refractivity contribution in [1.82, 2.24) is 0 Å². The van der Waals surface area contributed by atoms with Crippen LogP contribution in [0.1, 0.15) is 43.2 Å². The maximum atomic E-state index is 14.4. The molecule has 0 unspecified atom stereocenters. The highest BCUT2D eigenvalue weighted by atomic mass is 19.1. The molecule has 0 spiro atoms. The standard InChI is InChI=1S/C14H15F2N/c15-13-8-11(10-17)4-5-12(13)9-14(16)6-2-1-3-7-14/h4-5,8H,1-3,6-7,9H2. The molecule has 1 aromatic rings. The molecule has 0 aliphatic heterocycles. The molecule has 1 fully saturated rings. The monoisotopic (exact) mass is 235 g/mol. The van der Waals surface area contributed by atoms with Crippen LogP contribution >= 0.6 is 0 Å². The van der Waals surface area contributed by atoms with Crippen LogP contribution in [-0.2, 0) is 6.42 Å². The molecule has 1 aromatic carbocycles. The molecular formula is C14H15F2N. The largest absolute Gasteiger partial charge is 0.244 e. The van der Waals surface area contributed by atoms with Crippen molar-refractivity contribution in [2.75, 3.05) is 0 Å². The van der Waals surface area contributed by atoms with E-state index in [2.05, 4.69) is 0 Å². The molecule has 1 nitrogen and oxygen atoms in total. The van der Waals surface area contributed by atoms with Gasteiger partial charge in [0.15, 0.2) is 0 Å². The summed E-state index contributed by atoms with van der Waals surface area (Å²) in [5, 5.41) is 8.63. The van der Waals surface area contributed by atoms with Gasteiger partial charge in [-0.05, 0) is 30.5 Å². The Labute approximate surface area is 100 Å². The van der Waals surface area contributed by atoms with Crippen LogP contribution < -0.4 is 0 Å². The topological polar surface area (TPSA) is 23.8 Å². The Kier molecular flexibility index (Phi) is 3.42. The fourth-order valence-corrected chi connectivity index (χ4v) is 2.46. The third kappa shape index (κ3) is 2.82. The Morgan fingerprint density at radius 1 is 1.24 bits per heavy atom. The van der Waals surface area contributed by atoms with E-state index >= 15 is 0 Å². The molecule has 0 bridgehead atoms. The van der Waals surface area contributed by atoms with E-state index in [1.54, 1.807) is 6.07 Å². The van der Waals surface area contributed by atoms with Crippen LogP contribution in [0.15, 0.2) is 18.2 Å². The van der Waals surface area contributed by atoms with E-state index in [1.165, 1.54) is 12.1 Å². The van der Waals surface area contributed by atoms with Crippen molar-refractivity contribution in [3.8, 4) is 6.07 Å². The molecule has 0 saturated heterocycles. The Morgan fingerprint density at radius 3 is 2.53 bits per heavy atom. The molecule has 1 aliphatic carbocycles. The summed E-state index contributed by atoms with van der Waals surface area (Å²) in [6.07, 6.45) is 4.01. The minimum absolute atomic E-state index is 0.130. The summed E-state index contributed by atoms with van der Waals surface area (Å²) < 4.78 is 28.0. The lowest BCUT2D eigenvalue weighted by molar-refractivity contribution is 0.106. The van der Waals surface area contributed by atoms with E-state index in [-0.39, 0.29) is 12.0 Å². The van der Waals surface area contributed by atoms with Gasteiger partial charge in [-0.1, -0.05) is 25.3 Å². The quantitative estimate of drug-likeness (QED) is 0.762. The van der Waals surface area contributed by atoms with Gasteiger partial charge >= 0.3 is 0 Å². The molecule has 17 heavy (non-hydrogen) atoms. The minimum Gasteiger partial charge on any atom is -0.244 e. The van der Waals surface area contributed by atoms with Gasteiger partial charge in [0.05, 0.1) is 11.6 Å². The van der Waals surface area contributed by atoms with Gasteiger partial charge in [0.2, 0.25) is 0 Å². The van der Waals surface area contributed by atoms with Crippen molar-refractivity contribution in [2.45, 2.75) is 44.2 Å². The first-order chi connectivity index (χ1) is 8.13. The summed E-state index contributed by atoms with van der Waals surface area (Å²) in [4.78, 5) is 0. The lowest BCUT2D eigenvalue weighted by Gasteiger charge is -2.29. The van der Waals surface area contributed by atoms with Crippen LogP contribution in [0, 0.1) is 17.1 Å². The van der Waals surface area contributed by atoms with Gasteiger partial charge in [-0.25, -0.2) is 8.78 Å². The number of hydrogen-bond donors (Lipinski definition) is 0. The Balaban J connectivity index is 2.15. The van der Waals surface area contributed by atoms with Crippen molar-refractivity contribution in [3.63, 3.8) is 0 Å². The molecular weight excluding hydrogens is 220 g/mol. The van der Waals surface area contributed by atoms with E-state index < -0.39 is 11.5 Å². The molecule has 0 aromatic heterocycles. The van der Waals surface area contributed by atoms with Crippen molar-refractivity contribution < 1.29 is 8.78 Å². The predicted molar refractivity (Wildman–Crippen MR) is 61.7 cm³/mol. The minimum atomic E-state index is -1.26. The summed E-state index contributed by atoms with van der Waals surface area (Å²) in [5.74, 6) is -0.466. The molecule has 90 valence electrons. The first-order valence-corrected chi connectivity index (χ1v) is 6.00. The Bertz CT molecular complexity index is 442. The smallest absolute Gasteiger partial charge is 0.127 e. The molecule has 0 amide bonds. The third-order valence-electron chi connectivity index (χ3n) is 3.44. The van der Waals surface area contributed by atoms with E-state index in [9.17, 15) is 8.78 Å². The van der Waals surface area contributed by atoms with Gasteiger partial charge in [0.1, 0.15) is 11.5 Å². The zero-order chi connectivity index (χ0) is 12.3. The van der Waals surface area contributed by atoms with Crippen LogP contribution in [0.25, 0.3) is 0 Å². The number of nitrogens with zero attached hydrogens (tertiary/aromatic N) is 1. The number of nitriles is 1. The van der Waals surface area contributed by atoms with E-state index in [1.807, 2.05) is 6.07 Å². The lowest BCUT2D eigenvalue weighted by Crippen LogP contribution is -2.29. The molecule has 1 aliphatic rings. The second kappa shape index (κ2) is 4.83. The molecule has 0 atom stereocenters. The average Bonchev–Trinajstić information content (AvgIpc) is 2.32. The summed E-state index contributed by atoms with van der Waals surface area (Å²) in [6, 6.07) is 6.13. The Morgan fingerprint density at radius 2 is 1.94 bits per heavy atom. The van der Waals surface area contributed by atoms with E-state index in [0.29, 0.717) is 18.4 Å². The molecule has 0 heterocycles. The third-order valence-corrected chi connectivity index (χ3v) is 3.44. The van der Waals surface area contributed by atoms with Crippen molar-refractivity contribution in [3.05, 3.63) is 35.1 Å². The van der Waals surface area contributed by atoms with Crippen LogP contribution in [0.2, 0.25) is 0 Å². The van der Waals surface area contributed by atoms with E-state index in [4.69, 9.17) is 5.26 Å². The second-order valence-corrected chi connectivity index (χ2v) is 4.81. The number of alkyl halides is 1. The van der Waals surface area contributed by atoms with Gasteiger partial charge in [0.25, 0.3) is 0 Å². The highest BCUT2D eigenvalue weighted by molar-refractivity contribution is 5.33. The number of hydrogen-bond acceptors (Lipinski definition) is 1. The summed E-state index contributed by atoms with van der Waals surface area (Å²) >= 11 is 0. The van der Waals surface area contributed by atoms with Crippen molar-refractivity contribution >= 4 is 0 Å². The van der Waals surface area contributed by atoms with Crippen LogP contribution in [0.5, 0.6) is 0 Å². The second-order valence-electron chi connectivity index (χ2n) is 4.81. The Hall–Kier alpha value is -1.43. The molecule has 0 radical (unpaired) electrons. The molecule has 2 rings (SSSR count). The first kappa shape index (κ1) is 12.0. The fraction of sp³-hybridized carbons (Fsp3) is 0.500. The highest BCUT2D eigenvalue weighted by Gasteiger charge is 2.32. The van der Waals surface area contributed by atoms with Crippen molar-refractivity contribution in [1.29, 1.82) is 5.26 Å². The summed E-state index contributed by atoms with van der Waals surface area (Å²) in [7, 11) is 0. The van der Waals surface area contributed by atoms with Gasteiger partial charge in [-0.3, -0.25) is 0 Å². The van der Waals surface area contributed by atoms with Crippen molar-refractivity contribution in [2.24, 2.45) is 0 Å². The molecule has 0 N–H and O–H groups in total.